The number of hydrogen-bond acceptors (Lipinski definition) is 3. The average molecular weight is 238 g/mol. The van der Waals surface area contributed by atoms with Crippen LogP contribution in [-0.4, -0.2) is 26.5 Å². The summed E-state index contributed by atoms with van der Waals surface area (Å²) in [7, 11) is -3.17. The second-order valence-corrected chi connectivity index (χ2v) is 5.65. The van der Waals surface area contributed by atoms with Crippen molar-refractivity contribution < 1.29 is 13.2 Å². The van der Waals surface area contributed by atoms with Gasteiger partial charge in [-0.05, 0) is 24.6 Å². The van der Waals surface area contributed by atoms with Gasteiger partial charge in [-0.1, -0.05) is 18.1 Å². The van der Waals surface area contributed by atoms with E-state index in [9.17, 15) is 8.42 Å². The molecule has 16 heavy (non-hydrogen) atoms. The minimum absolute atomic E-state index is 0.0505. The van der Waals surface area contributed by atoms with Crippen molar-refractivity contribution in [2.45, 2.75) is 6.92 Å². The maximum absolute atomic E-state index is 11.3. The highest BCUT2D eigenvalue weighted by molar-refractivity contribution is 7.91. The lowest BCUT2D eigenvalue weighted by molar-refractivity contribution is 0.341. The van der Waals surface area contributed by atoms with Gasteiger partial charge in [-0.15, -0.1) is 6.42 Å². The molecular weight excluding hydrogens is 224 g/mol. The number of hydrogen-bond donors (Lipinski definition) is 0. The van der Waals surface area contributed by atoms with Crippen LogP contribution in [0.25, 0.3) is 0 Å². The van der Waals surface area contributed by atoms with Crippen LogP contribution in [0, 0.1) is 19.3 Å². The van der Waals surface area contributed by atoms with Crippen molar-refractivity contribution in [2.24, 2.45) is 0 Å². The second-order valence-electron chi connectivity index (χ2n) is 3.46. The van der Waals surface area contributed by atoms with Gasteiger partial charge in [-0.3, -0.25) is 0 Å². The van der Waals surface area contributed by atoms with E-state index in [1.165, 1.54) is 0 Å². The topological polar surface area (TPSA) is 43.4 Å². The molecule has 0 aliphatic heterocycles. The molecule has 0 spiro atoms. The minimum atomic E-state index is -3.17. The lowest BCUT2D eigenvalue weighted by Crippen LogP contribution is -2.16. The molecule has 0 fully saturated rings. The monoisotopic (exact) mass is 238 g/mol. The lowest BCUT2D eigenvalue weighted by Gasteiger charge is -2.06. The fourth-order valence-electron chi connectivity index (χ4n) is 1.19. The van der Waals surface area contributed by atoms with Crippen molar-refractivity contribution in [1.82, 2.24) is 0 Å². The third-order valence-electron chi connectivity index (χ3n) is 1.96. The molecular formula is C12H14O3S. The highest BCUT2D eigenvalue weighted by Crippen LogP contribution is 2.12. The first-order valence-electron chi connectivity index (χ1n) is 4.87. The SMILES string of the molecule is C#CCS(=O)(=O)CCOc1cccc(C)c1. The van der Waals surface area contributed by atoms with Crippen molar-refractivity contribution in [3.8, 4) is 18.1 Å². The van der Waals surface area contributed by atoms with Crippen LogP contribution in [-0.2, 0) is 9.84 Å². The Morgan fingerprint density at radius 1 is 1.44 bits per heavy atom. The van der Waals surface area contributed by atoms with E-state index in [-0.39, 0.29) is 18.1 Å². The summed E-state index contributed by atoms with van der Waals surface area (Å²) in [5.41, 5.74) is 1.07. The van der Waals surface area contributed by atoms with Gasteiger partial charge in [0, 0.05) is 0 Å². The molecule has 0 unspecified atom stereocenters. The van der Waals surface area contributed by atoms with Gasteiger partial charge in [-0.25, -0.2) is 8.42 Å². The summed E-state index contributed by atoms with van der Waals surface area (Å²) in [6.45, 7) is 2.08. The highest BCUT2D eigenvalue weighted by atomic mass is 32.2. The average Bonchev–Trinajstić information content (AvgIpc) is 2.17. The summed E-state index contributed by atoms with van der Waals surface area (Å²) in [4.78, 5) is 0. The zero-order chi connectivity index (χ0) is 12.0. The first-order chi connectivity index (χ1) is 7.53. The Hall–Kier alpha value is -1.47. The summed E-state index contributed by atoms with van der Waals surface area (Å²) in [5, 5.41) is 0. The Bertz CT molecular complexity index is 483. The molecule has 0 bridgehead atoms. The van der Waals surface area contributed by atoms with Crippen LogP contribution in [0.2, 0.25) is 0 Å². The number of ether oxygens (including phenoxy) is 1. The third kappa shape index (κ3) is 4.37. The van der Waals surface area contributed by atoms with Crippen LogP contribution in [0.1, 0.15) is 5.56 Å². The van der Waals surface area contributed by atoms with Crippen LogP contribution in [0.15, 0.2) is 24.3 Å². The maximum atomic E-state index is 11.3. The Kier molecular flexibility index (Phi) is 4.39. The first kappa shape index (κ1) is 12.6. The van der Waals surface area contributed by atoms with Crippen molar-refractivity contribution in [1.29, 1.82) is 0 Å². The number of benzene rings is 1. The van der Waals surface area contributed by atoms with Crippen LogP contribution < -0.4 is 4.74 Å². The van der Waals surface area contributed by atoms with Gasteiger partial charge in [0.05, 0.1) is 5.75 Å². The van der Waals surface area contributed by atoms with E-state index in [1.54, 1.807) is 6.07 Å². The summed E-state index contributed by atoms with van der Waals surface area (Å²) in [5.74, 6) is 2.52. The Morgan fingerprint density at radius 3 is 2.81 bits per heavy atom. The van der Waals surface area contributed by atoms with Gasteiger partial charge in [0.2, 0.25) is 0 Å². The van der Waals surface area contributed by atoms with Crippen molar-refractivity contribution in [2.75, 3.05) is 18.1 Å². The predicted octanol–water partition coefficient (Wildman–Crippen LogP) is 1.42. The summed E-state index contributed by atoms with van der Waals surface area (Å²) in [6.07, 6.45) is 4.95. The smallest absolute Gasteiger partial charge is 0.164 e. The van der Waals surface area contributed by atoms with Crippen LogP contribution in [0.4, 0.5) is 0 Å². The van der Waals surface area contributed by atoms with Gasteiger partial charge < -0.3 is 4.74 Å². The predicted molar refractivity (Wildman–Crippen MR) is 64.2 cm³/mol. The Morgan fingerprint density at radius 2 is 2.19 bits per heavy atom. The fraction of sp³-hybridized carbons (Fsp3) is 0.333. The number of sulfone groups is 1. The van der Waals surface area contributed by atoms with Gasteiger partial charge >= 0.3 is 0 Å². The highest BCUT2D eigenvalue weighted by Gasteiger charge is 2.08. The van der Waals surface area contributed by atoms with Crippen molar-refractivity contribution in [3.05, 3.63) is 29.8 Å². The van der Waals surface area contributed by atoms with E-state index in [2.05, 4.69) is 5.92 Å². The minimum Gasteiger partial charge on any atom is -0.493 e. The molecule has 86 valence electrons. The summed E-state index contributed by atoms with van der Waals surface area (Å²) in [6, 6.07) is 7.46. The second kappa shape index (κ2) is 5.57. The van der Waals surface area contributed by atoms with E-state index in [1.807, 2.05) is 25.1 Å². The van der Waals surface area contributed by atoms with Crippen molar-refractivity contribution in [3.63, 3.8) is 0 Å². The van der Waals surface area contributed by atoms with Gasteiger partial charge in [0.15, 0.2) is 9.84 Å². The molecule has 0 aromatic heterocycles. The van der Waals surface area contributed by atoms with Gasteiger partial charge in [0.1, 0.15) is 18.1 Å². The molecule has 0 saturated carbocycles. The molecule has 0 aliphatic rings. The number of aryl methyl sites for hydroxylation is 1. The van der Waals surface area contributed by atoms with Crippen LogP contribution >= 0.6 is 0 Å². The van der Waals surface area contributed by atoms with Gasteiger partial charge in [0.25, 0.3) is 0 Å². The Balaban J connectivity index is 2.45. The molecule has 0 saturated heterocycles. The van der Waals surface area contributed by atoms with E-state index in [0.717, 1.165) is 5.56 Å². The van der Waals surface area contributed by atoms with Crippen LogP contribution in [0.3, 0.4) is 0 Å². The summed E-state index contributed by atoms with van der Waals surface area (Å²) < 4.78 is 27.9. The fourth-order valence-corrected chi connectivity index (χ4v) is 1.93. The van der Waals surface area contributed by atoms with E-state index < -0.39 is 9.84 Å². The van der Waals surface area contributed by atoms with E-state index in [0.29, 0.717) is 5.75 Å². The molecule has 0 N–H and O–H groups in total. The first-order valence-corrected chi connectivity index (χ1v) is 6.69. The van der Waals surface area contributed by atoms with E-state index >= 15 is 0 Å². The largest absolute Gasteiger partial charge is 0.493 e. The molecule has 0 amide bonds. The molecule has 0 aliphatic carbocycles. The van der Waals surface area contributed by atoms with Gasteiger partial charge in [-0.2, -0.15) is 0 Å². The van der Waals surface area contributed by atoms with Crippen molar-refractivity contribution >= 4 is 9.84 Å². The van der Waals surface area contributed by atoms with E-state index in [4.69, 9.17) is 11.2 Å². The normalized spacial score (nSPS) is 10.8. The molecule has 0 heterocycles. The molecule has 1 aromatic carbocycles. The zero-order valence-corrected chi connectivity index (χ0v) is 9.96. The zero-order valence-electron chi connectivity index (χ0n) is 9.14. The molecule has 4 heteroatoms. The molecule has 1 aromatic rings. The van der Waals surface area contributed by atoms with Crippen LogP contribution in [0.5, 0.6) is 5.75 Å². The molecule has 3 nitrogen and oxygen atoms in total. The molecule has 0 radical (unpaired) electrons. The summed E-state index contributed by atoms with van der Waals surface area (Å²) >= 11 is 0. The third-order valence-corrected chi connectivity index (χ3v) is 3.35. The molecule has 1 rings (SSSR count). The quantitative estimate of drug-likeness (QED) is 0.729. The lowest BCUT2D eigenvalue weighted by atomic mass is 10.2. The Labute approximate surface area is 96.4 Å². The molecule has 0 atom stereocenters. The number of terminal acetylenes is 1. The standard InChI is InChI=1S/C12H14O3S/c1-3-8-16(13,14)9-7-15-12-6-4-5-11(2)10-12/h1,4-6,10H,7-9H2,2H3. The number of rotatable bonds is 5. The maximum Gasteiger partial charge on any atom is 0.164 e.